The third-order valence-corrected chi connectivity index (χ3v) is 3.26. The van der Waals surface area contributed by atoms with E-state index in [1.807, 2.05) is 0 Å². The lowest BCUT2D eigenvalue weighted by Gasteiger charge is -2.23. The molecular weight excluding hydrogens is 278 g/mol. The Balaban J connectivity index is 2.48. The van der Waals surface area contributed by atoms with Crippen LogP contribution in [-0.4, -0.2) is 65.8 Å². The van der Waals surface area contributed by atoms with Crippen molar-refractivity contribution in [3.8, 4) is 0 Å². The number of imide groups is 1. The summed E-state index contributed by atoms with van der Waals surface area (Å²) in [5.41, 5.74) is -2.11. The zero-order valence-corrected chi connectivity index (χ0v) is 12.9. The molecule has 1 heterocycles. The highest BCUT2D eigenvalue weighted by atomic mass is 16.5. The summed E-state index contributed by atoms with van der Waals surface area (Å²) in [5.74, 6) is -0.956. The van der Waals surface area contributed by atoms with Gasteiger partial charge in [0.15, 0.2) is 0 Å². The van der Waals surface area contributed by atoms with E-state index < -0.39 is 29.0 Å². The van der Waals surface area contributed by atoms with Gasteiger partial charge in [-0.05, 0) is 20.8 Å². The van der Waals surface area contributed by atoms with Gasteiger partial charge in [0.1, 0.15) is 12.1 Å². The van der Waals surface area contributed by atoms with Crippen molar-refractivity contribution in [1.29, 1.82) is 0 Å². The summed E-state index contributed by atoms with van der Waals surface area (Å²) in [4.78, 5) is 36.2. The maximum Gasteiger partial charge on any atom is 0.325 e. The number of hydrogen-bond donors (Lipinski definition) is 3. The first kappa shape index (κ1) is 17.4. The minimum atomic E-state index is -1.11. The molecule has 1 fully saturated rings. The summed E-state index contributed by atoms with van der Waals surface area (Å²) in [5, 5.41) is 15.0. The van der Waals surface area contributed by atoms with Gasteiger partial charge in [-0.2, -0.15) is 0 Å². The summed E-state index contributed by atoms with van der Waals surface area (Å²) in [7, 11) is 1.52. The van der Waals surface area contributed by atoms with Crippen molar-refractivity contribution in [1.82, 2.24) is 15.5 Å². The molecule has 0 aromatic rings. The second-order valence-corrected chi connectivity index (χ2v) is 5.96. The molecule has 120 valence electrons. The van der Waals surface area contributed by atoms with Crippen molar-refractivity contribution < 1.29 is 24.2 Å². The maximum atomic E-state index is 11.9. The molecule has 0 aliphatic carbocycles. The zero-order chi connectivity index (χ0) is 16.3. The van der Waals surface area contributed by atoms with E-state index in [1.54, 1.807) is 20.8 Å². The van der Waals surface area contributed by atoms with Gasteiger partial charge in [-0.25, -0.2) is 4.79 Å². The van der Waals surface area contributed by atoms with Gasteiger partial charge in [-0.3, -0.25) is 14.5 Å². The third-order valence-electron chi connectivity index (χ3n) is 3.26. The van der Waals surface area contributed by atoms with Crippen LogP contribution in [0, 0.1) is 0 Å². The smallest absolute Gasteiger partial charge is 0.325 e. The molecule has 8 heteroatoms. The van der Waals surface area contributed by atoms with E-state index in [4.69, 9.17) is 4.74 Å². The third kappa shape index (κ3) is 4.68. The predicted molar refractivity (Wildman–Crippen MR) is 74.5 cm³/mol. The fourth-order valence-electron chi connectivity index (χ4n) is 1.86. The Morgan fingerprint density at radius 1 is 1.48 bits per heavy atom. The summed E-state index contributed by atoms with van der Waals surface area (Å²) in [6.45, 7) is 4.73. The minimum Gasteiger partial charge on any atom is -0.388 e. The normalized spacial score (nSPS) is 20.1. The van der Waals surface area contributed by atoms with Crippen molar-refractivity contribution >= 4 is 17.8 Å². The van der Waals surface area contributed by atoms with Crippen LogP contribution in [0.1, 0.15) is 27.2 Å². The van der Waals surface area contributed by atoms with E-state index in [0.29, 0.717) is 13.0 Å². The Kier molecular flexibility index (Phi) is 5.30. The van der Waals surface area contributed by atoms with E-state index in [2.05, 4.69) is 10.6 Å². The summed E-state index contributed by atoms with van der Waals surface area (Å²) in [6.07, 6.45) is 0.361. The lowest BCUT2D eigenvalue weighted by molar-refractivity contribution is -0.134. The van der Waals surface area contributed by atoms with Crippen LogP contribution < -0.4 is 10.6 Å². The van der Waals surface area contributed by atoms with Crippen molar-refractivity contribution in [2.75, 3.05) is 26.8 Å². The molecule has 1 unspecified atom stereocenters. The van der Waals surface area contributed by atoms with Crippen LogP contribution in [0.25, 0.3) is 0 Å². The number of aliphatic hydroxyl groups is 1. The van der Waals surface area contributed by atoms with Crippen molar-refractivity contribution in [3.63, 3.8) is 0 Å². The Morgan fingerprint density at radius 3 is 2.57 bits per heavy atom. The number of ether oxygens (including phenoxy) is 1. The average Bonchev–Trinajstić information content (AvgIpc) is 2.56. The number of methoxy groups -OCH3 is 1. The molecule has 0 bridgehead atoms. The van der Waals surface area contributed by atoms with Crippen molar-refractivity contribution in [2.45, 2.75) is 38.3 Å². The molecule has 4 amide bonds. The van der Waals surface area contributed by atoms with E-state index >= 15 is 0 Å². The molecule has 0 aromatic heterocycles. The molecule has 8 nitrogen and oxygen atoms in total. The Morgan fingerprint density at radius 2 is 2.10 bits per heavy atom. The van der Waals surface area contributed by atoms with Gasteiger partial charge in [-0.15, -0.1) is 0 Å². The largest absolute Gasteiger partial charge is 0.388 e. The summed E-state index contributed by atoms with van der Waals surface area (Å²) >= 11 is 0. The second kappa shape index (κ2) is 6.40. The Labute approximate surface area is 123 Å². The number of hydrogen-bond acceptors (Lipinski definition) is 5. The number of carbonyl (C=O) groups excluding carboxylic acids is 3. The molecule has 1 aliphatic rings. The van der Waals surface area contributed by atoms with Crippen LogP contribution in [0.4, 0.5) is 4.79 Å². The van der Waals surface area contributed by atoms with Crippen molar-refractivity contribution in [2.24, 2.45) is 0 Å². The Bertz CT molecular complexity index is 434. The first-order valence-corrected chi connectivity index (χ1v) is 6.71. The van der Waals surface area contributed by atoms with Gasteiger partial charge in [0, 0.05) is 26.7 Å². The molecule has 0 radical (unpaired) electrons. The maximum absolute atomic E-state index is 11.9. The highest BCUT2D eigenvalue weighted by Crippen LogP contribution is 2.16. The van der Waals surface area contributed by atoms with Crippen LogP contribution in [0.5, 0.6) is 0 Å². The van der Waals surface area contributed by atoms with Crippen LogP contribution in [0.15, 0.2) is 0 Å². The van der Waals surface area contributed by atoms with E-state index in [9.17, 15) is 19.5 Å². The van der Waals surface area contributed by atoms with Gasteiger partial charge in [0.2, 0.25) is 5.91 Å². The number of urea groups is 1. The highest BCUT2D eigenvalue weighted by molar-refractivity contribution is 6.08. The average molecular weight is 301 g/mol. The van der Waals surface area contributed by atoms with Gasteiger partial charge < -0.3 is 20.5 Å². The van der Waals surface area contributed by atoms with Crippen LogP contribution >= 0.6 is 0 Å². The number of carbonyl (C=O) groups is 3. The number of nitrogens with zero attached hydrogens (tertiary/aromatic N) is 1. The lowest BCUT2D eigenvalue weighted by Crippen LogP contribution is -2.47. The second-order valence-electron chi connectivity index (χ2n) is 5.96. The molecule has 1 rings (SSSR count). The fourth-order valence-corrected chi connectivity index (χ4v) is 1.86. The molecule has 1 aliphatic heterocycles. The standard InChI is InChI=1S/C13H23N3O5/c1-12(2)10(18)16(11(19)15-12)7-9(17)14-8-13(3,20)5-6-21-4/h20H,5-8H2,1-4H3,(H,14,17)(H,15,19). The lowest BCUT2D eigenvalue weighted by atomic mass is 10.0. The molecule has 3 N–H and O–H groups in total. The van der Waals surface area contributed by atoms with Gasteiger partial charge in [0.25, 0.3) is 5.91 Å². The number of rotatable bonds is 7. The monoisotopic (exact) mass is 301 g/mol. The first-order valence-electron chi connectivity index (χ1n) is 6.71. The van der Waals surface area contributed by atoms with Gasteiger partial charge >= 0.3 is 6.03 Å². The highest BCUT2D eigenvalue weighted by Gasteiger charge is 2.44. The predicted octanol–water partition coefficient (Wildman–Crippen LogP) is -0.779. The summed E-state index contributed by atoms with van der Waals surface area (Å²) in [6, 6.07) is -0.591. The number of amides is 4. The Hall–Kier alpha value is -1.67. The summed E-state index contributed by atoms with van der Waals surface area (Å²) < 4.78 is 4.86. The van der Waals surface area contributed by atoms with Crippen molar-refractivity contribution in [3.05, 3.63) is 0 Å². The SMILES string of the molecule is COCCC(C)(O)CNC(=O)CN1C(=O)NC(C)(C)C1=O. The quantitative estimate of drug-likeness (QED) is 0.535. The molecular formula is C13H23N3O5. The van der Waals surface area contributed by atoms with Crippen LogP contribution in [0.2, 0.25) is 0 Å². The van der Waals surface area contributed by atoms with E-state index in [0.717, 1.165) is 4.90 Å². The minimum absolute atomic E-state index is 0.0161. The molecule has 0 spiro atoms. The number of nitrogens with one attached hydrogen (secondary N) is 2. The fraction of sp³-hybridized carbons (Fsp3) is 0.769. The topological polar surface area (TPSA) is 108 Å². The zero-order valence-electron chi connectivity index (χ0n) is 12.9. The van der Waals surface area contributed by atoms with Crippen LogP contribution in [0.3, 0.4) is 0 Å². The molecule has 1 atom stereocenters. The van der Waals surface area contributed by atoms with E-state index in [1.165, 1.54) is 7.11 Å². The molecule has 0 aromatic carbocycles. The molecule has 0 saturated carbocycles. The van der Waals surface area contributed by atoms with Crippen LogP contribution in [-0.2, 0) is 14.3 Å². The first-order chi connectivity index (χ1) is 9.59. The van der Waals surface area contributed by atoms with Gasteiger partial charge in [-0.1, -0.05) is 0 Å². The van der Waals surface area contributed by atoms with Gasteiger partial charge in [0.05, 0.1) is 5.60 Å². The molecule has 21 heavy (non-hydrogen) atoms. The molecule has 1 saturated heterocycles. The van der Waals surface area contributed by atoms with E-state index in [-0.39, 0.29) is 13.1 Å².